The van der Waals surface area contributed by atoms with E-state index in [1.807, 2.05) is 24.3 Å². The molecule has 0 unspecified atom stereocenters. The molecule has 1 aliphatic carbocycles. The molecule has 1 amide bonds. The van der Waals surface area contributed by atoms with Gasteiger partial charge in [-0.15, -0.1) is 0 Å². The largest absolute Gasteiger partial charge is 0.336 e. The minimum Gasteiger partial charge on any atom is -0.336 e. The first-order valence-corrected chi connectivity index (χ1v) is 9.69. The van der Waals surface area contributed by atoms with Gasteiger partial charge in [-0.3, -0.25) is 9.78 Å². The minimum absolute atomic E-state index is 0.189. The number of nitrogens with one attached hydrogen (secondary N) is 1. The Morgan fingerprint density at radius 2 is 1.96 bits per heavy atom. The summed E-state index contributed by atoms with van der Waals surface area (Å²) in [5, 5.41) is 4.40. The normalized spacial score (nSPS) is 18.4. The van der Waals surface area contributed by atoms with E-state index in [2.05, 4.69) is 23.2 Å². The Bertz CT molecular complexity index is 763. The van der Waals surface area contributed by atoms with Gasteiger partial charge in [0.15, 0.2) is 0 Å². The fourth-order valence-electron chi connectivity index (χ4n) is 3.92. The zero-order chi connectivity index (χ0) is 17.2. The van der Waals surface area contributed by atoms with Crippen molar-refractivity contribution in [2.45, 2.75) is 51.0 Å². The first-order chi connectivity index (χ1) is 12.3. The molecule has 1 aromatic carbocycles. The van der Waals surface area contributed by atoms with E-state index in [4.69, 9.17) is 4.98 Å². The van der Waals surface area contributed by atoms with Crippen molar-refractivity contribution in [1.82, 2.24) is 15.2 Å². The first kappa shape index (κ1) is 16.5. The summed E-state index contributed by atoms with van der Waals surface area (Å²) in [4.78, 5) is 20.5. The monoisotopic (exact) mass is 337 g/mol. The second-order valence-electron chi connectivity index (χ2n) is 7.37. The fourth-order valence-corrected chi connectivity index (χ4v) is 3.92. The van der Waals surface area contributed by atoms with Gasteiger partial charge in [0.2, 0.25) is 0 Å². The van der Waals surface area contributed by atoms with Crippen LogP contribution in [0.3, 0.4) is 0 Å². The van der Waals surface area contributed by atoms with E-state index in [0.717, 1.165) is 61.1 Å². The van der Waals surface area contributed by atoms with Gasteiger partial charge >= 0.3 is 0 Å². The number of piperidine rings is 1. The topological polar surface area (TPSA) is 45.2 Å². The molecular formula is C21H27N3O. The van der Waals surface area contributed by atoms with E-state index >= 15 is 0 Å². The zero-order valence-corrected chi connectivity index (χ0v) is 15.0. The molecule has 4 heteroatoms. The van der Waals surface area contributed by atoms with Gasteiger partial charge < -0.3 is 10.2 Å². The zero-order valence-electron chi connectivity index (χ0n) is 15.0. The van der Waals surface area contributed by atoms with Crippen LogP contribution in [0.4, 0.5) is 0 Å². The van der Waals surface area contributed by atoms with E-state index in [9.17, 15) is 4.79 Å². The number of para-hydroxylation sites is 1. The number of nitrogens with zero attached hydrogens (tertiary/aromatic N) is 2. The minimum atomic E-state index is 0.189. The Morgan fingerprint density at radius 3 is 2.68 bits per heavy atom. The SMILES string of the molecule is CCCN(C(=O)c1cc(C2CC2)nc2ccccc12)C1CCNCC1. The van der Waals surface area contributed by atoms with Crippen molar-refractivity contribution < 1.29 is 4.79 Å². The molecule has 0 radical (unpaired) electrons. The molecule has 2 aromatic rings. The number of carbonyl (C=O) groups is 1. The average molecular weight is 337 g/mol. The maximum atomic E-state index is 13.5. The second-order valence-corrected chi connectivity index (χ2v) is 7.37. The number of fused-ring (bicyclic) bond motifs is 1. The van der Waals surface area contributed by atoms with Crippen LogP contribution in [0.25, 0.3) is 10.9 Å². The highest BCUT2D eigenvalue weighted by Crippen LogP contribution is 2.40. The second kappa shape index (κ2) is 7.12. The summed E-state index contributed by atoms with van der Waals surface area (Å²) in [5.74, 6) is 0.740. The van der Waals surface area contributed by atoms with Gasteiger partial charge in [-0.2, -0.15) is 0 Å². The number of hydrogen-bond donors (Lipinski definition) is 1. The van der Waals surface area contributed by atoms with Crippen LogP contribution >= 0.6 is 0 Å². The molecule has 0 atom stereocenters. The summed E-state index contributed by atoms with van der Waals surface area (Å²) in [5.41, 5.74) is 2.90. The molecule has 0 bridgehead atoms. The van der Waals surface area contributed by atoms with Crippen LogP contribution in [0.2, 0.25) is 0 Å². The van der Waals surface area contributed by atoms with Gasteiger partial charge in [0.25, 0.3) is 5.91 Å². The predicted molar refractivity (Wildman–Crippen MR) is 101 cm³/mol. The van der Waals surface area contributed by atoms with Gasteiger partial charge in [-0.25, -0.2) is 0 Å². The molecule has 2 fully saturated rings. The summed E-state index contributed by atoms with van der Waals surface area (Å²) in [6.45, 7) is 4.99. The number of rotatable bonds is 5. The van der Waals surface area contributed by atoms with Crippen molar-refractivity contribution in [3.63, 3.8) is 0 Å². The molecule has 1 N–H and O–H groups in total. The van der Waals surface area contributed by atoms with Crippen LogP contribution in [-0.2, 0) is 0 Å². The van der Waals surface area contributed by atoms with E-state index in [0.29, 0.717) is 12.0 Å². The van der Waals surface area contributed by atoms with Crippen LogP contribution < -0.4 is 5.32 Å². The summed E-state index contributed by atoms with van der Waals surface area (Å²) >= 11 is 0. The highest BCUT2D eigenvalue weighted by molar-refractivity contribution is 6.06. The van der Waals surface area contributed by atoms with Crippen molar-refractivity contribution >= 4 is 16.8 Å². The quantitative estimate of drug-likeness (QED) is 0.904. The van der Waals surface area contributed by atoms with Gasteiger partial charge in [-0.1, -0.05) is 25.1 Å². The van der Waals surface area contributed by atoms with E-state index in [-0.39, 0.29) is 5.91 Å². The van der Waals surface area contributed by atoms with Crippen LogP contribution in [0, 0.1) is 0 Å². The van der Waals surface area contributed by atoms with Gasteiger partial charge in [0.05, 0.1) is 11.1 Å². The maximum absolute atomic E-state index is 13.5. The molecular weight excluding hydrogens is 310 g/mol. The molecule has 1 aliphatic heterocycles. The Kier molecular flexibility index (Phi) is 4.71. The third kappa shape index (κ3) is 3.40. The number of benzene rings is 1. The highest BCUT2D eigenvalue weighted by atomic mass is 16.2. The Labute approximate surface area is 149 Å². The lowest BCUT2D eigenvalue weighted by atomic mass is 10.0. The standard InChI is InChI=1S/C21H27N3O/c1-2-13-24(16-9-11-22-12-10-16)21(25)18-14-20(15-7-8-15)23-19-6-4-3-5-17(18)19/h3-6,14-16,22H,2,7-13H2,1H3. The van der Waals surface area contributed by atoms with Gasteiger partial charge in [-0.05, 0) is 57.3 Å². The van der Waals surface area contributed by atoms with E-state index < -0.39 is 0 Å². The lowest BCUT2D eigenvalue weighted by Gasteiger charge is -2.35. The highest BCUT2D eigenvalue weighted by Gasteiger charge is 2.30. The Balaban J connectivity index is 1.74. The number of carbonyl (C=O) groups excluding carboxylic acids is 1. The molecule has 1 aromatic heterocycles. The molecule has 2 aliphatic rings. The molecule has 132 valence electrons. The van der Waals surface area contributed by atoms with Crippen LogP contribution in [-0.4, -0.2) is 41.5 Å². The summed E-state index contributed by atoms with van der Waals surface area (Å²) in [7, 11) is 0. The van der Waals surface area contributed by atoms with Gasteiger partial charge in [0, 0.05) is 29.6 Å². The molecule has 1 saturated carbocycles. The Morgan fingerprint density at radius 1 is 1.20 bits per heavy atom. The molecule has 2 heterocycles. The Hall–Kier alpha value is -1.94. The third-order valence-electron chi connectivity index (χ3n) is 5.44. The van der Waals surface area contributed by atoms with Crippen LogP contribution in [0.5, 0.6) is 0 Å². The number of amides is 1. The lowest BCUT2D eigenvalue weighted by molar-refractivity contribution is 0.0644. The summed E-state index contributed by atoms with van der Waals surface area (Å²) in [6.07, 6.45) is 5.49. The van der Waals surface area contributed by atoms with Crippen LogP contribution in [0.15, 0.2) is 30.3 Å². The molecule has 0 spiro atoms. The van der Waals surface area contributed by atoms with Crippen molar-refractivity contribution in [2.75, 3.05) is 19.6 Å². The summed E-state index contributed by atoms with van der Waals surface area (Å²) in [6, 6.07) is 10.5. The number of hydrogen-bond acceptors (Lipinski definition) is 3. The number of aromatic nitrogens is 1. The predicted octanol–water partition coefficient (Wildman–Crippen LogP) is 3.72. The van der Waals surface area contributed by atoms with Gasteiger partial charge in [0.1, 0.15) is 0 Å². The van der Waals surface area contributed by atoms with Crippen molar-refractivity contribution in [3.8, 4) is 0 Å². The molecule has 4 rings (SSSR count). The molecule has 25 heavy (non-hydrogen) atoms. The van der Waals surface area contributed by atoms with Crippen molar-refractivity contribution in [3.05, 3.63) is 41.6 Å². The maximum Gasteiger partial charge on any atom is 0.254 e. The average Bonchev–Trinajstić information content (AvgIpc) is 3.51. The van der Waals surface area contributed by atoms with Crippen molar-refractivity contribution in [2.24, 2.45) is 0 Å². The first-order valence-electron chi connectivity index (χ1n) is 9.69. The van der Waals surface area contributed by atoms with E-state index in [1.165, 1.54) is 12.8 Å². The third-order valence-corrected chi connectivity index (χ3v) is 5.44. The molecule has 1 saturated heterocycles. The van der Waals surface area contributed by atoms with Crippen molar-refractivity contribution in [1.29, 1.82) is 0 Å². The smallest absolute Gasteiger partial charge is 0.254 e. The fraction of sp³-hybridized carbons (Fsp3) is 0.524. The lowest BCUT2D eigenvalue weighted by Crippen LogP contribution is -2.46. The number of pyridine rings is 1. The van der Waals surface area contributed by atoms with E-state index in [1.54, 1.807) is 0 Å². The molecule has 4 nitrogen and oxygen atoms in total. The summed E-state index contributed by atoms with van der Waals surface area (Å²) < 4.78 is 0. The van der Waals surface area contributed by atoms with Crippen LogP contribution in [0.1, 0.15) is 61.0 Å².